The summed E-state index contributed by atoms with van der Waals surface area (Å²) in [5.41, 5.74) is 8.54. The van der Waals surface area contributed by atoms with Gasteiger partial charge in [-0.1, -0.05) is 0 Å². The summed E-state index contributed by atoms with van der Waals surface area (Å²) in [6, 6.07) is 5.69. The summed E-state index contributed by atoms with van der Waals surface area (Å²) in [5.74, 6) is 2.47. The fourth-order valence-corrected chi connectivity index (χ4v) is 2.16. The average Bonchev–Trinajstić information content (AvgIpc) is 2.73. The van der Waals surface area contributed by atoms with E-state index in [9.17, 15) is 0 Å². The van der Waals surface area contributed by atoms with Crippen LogP contribution in [0.25, 0.3) is 11.3 Å². The molecule has 0 amide bonds. The van der Waals surface area contributed by atoms with E-state index in [4.69, 9.17) is 15.2 Å². The van der Waals surface area contributed by atoms with Gasteiger partial charge < -0.3 is 19.8 Å². The number of nitrogens with zero attached hydrogens (tertiary/aromatic N) is 2. The van der Waals surface area contributed by atoms with Gasteiger partial charge in [-0.25, -0.2) is 4.98 Å². The summed E-state index contributed by atoms with van der Waals surface area (Å²) in [6.45, 7) is 2.34. The van der Waals surface area contributed by atoms with Crippen molar-refractivity contribution in [1.29, 1.82) is 0 Å². The molecule has 2 rings (SSSR count). The normalized spacial score (nSPS) is 10.6. The molecule has 0 saturated heterocycles. The van der Waals surface area contributed by atoms with Crippen LogP contribution in [0.5, 0.6) is 11.5 Å². The van der Waals surface area contributed by atoms with E-state index in [-0.39, 0.29) is 0 Å². The highest BCUT2D eigenvalue weighted by Gasteiger charge is 2.17. The van der Waals surface area contributed by atoms with Crippen molar-refractivity contribution in [3.63, 3.8) is 0 Å². The molecule has 5 heteroatoms. The monoisotopic (exact) mass is 261 g/mol. The van der Waals surface area contributed by atoms with Gasteiger partial charge in [0.1, 0.15) is 17.3 Å². The van der Waals surface area contributed by atoms with Crippen molar-refractivity contribution in [2.45, 2.75) is 13.5 Å². The maximum Gasteiger partial charge on any atom is 0.128 e. The lowest BCUT2D eigenvalue weighted by Crippen LogP contribution is -2.02. The van der Waals surface area contributed by atoms with Gasteiger partial charge in [-0.3, -0.25) is 0 Å². The number of benzene rings is 1. The molecule has 0 saturated carbocycles. The Morgan fingerprint density at radius 1 is 1.26 bits per heavy atom. The fourth-order valence-electron chi connectivity index (χ4n) is 2.16. The zero-order valence-corrected chi connectivity index (χ0v) is 11.7. The minimum atomic E-state index is 0.386. The van der Waals surface area contributed by atoms with Crippen molar-refractivity contribution in [2.24, 2.45) is 12.8 Å². The van der Waals surface area contributed by atoms with Gasteiger partial charge in [-0.15, -0.1) is 0 Å². The molecule has 2 aromatic rings. The summed E-state index contributed by atoms with van der Waals surface area (Å²) < 4.78 is 12.7. The lowest BCUT2D eigenvalue weighted by Gasteiger charge is -2.12. The minimum absolute atomic E-state index is 0.386. The number of hydrogen-bond donors (Lipinski definition) is 1. The molecule has 0 fully saturated rings. The van der Waals surface area contributed by atoms with E-state index >= 15 is 0 Å². The molecular formula is C14H19N3O2. The standard InChI is InChI=1S/C14H19N3O2/c1-9-16-12(8-15)14(17(9)2)11-7-10(18-3)5-6-13(11)19-4/h5-7H,8,15H2,1-4H3. The summed E-state index contributed by atoms with van der Waals surface area (Å²) in [5, 5.41) is 0. The van der Waals surface area contributed by atoms with Crippen molar-refractivity contribution < 1.29 is 9.47 Å². The molecule has 102 valence electrons. The van der Waals surface area contributed by atoms with E-state index in [1.807, 2.05) is 36.7 Å². The van der Waals surface area contributed by atoms with Gasteiger partial charge in [0.25, 0.3) is 0 Å². The lowest BCUT2D eigenvalue weighted by atomic mass is 10.1. The Hall–Kier alpha value is -2.01. The number of nitrogens with two attached hydrogens (primary N) is 1. The first kappa shape index (κ1) is 13.4. The van der Waals surface area contributed by atoms with E-state index in [1.54, 1.807) is 14.2 Å². The summed E-state index contributed by atoms with van der Waals surface area (Å²) >= 11 is 0. The molecule has 0 atom stereocenters. The topological polar surface area (TPSA) is 62.3 Å². The van der Waals surface area contributed by atoms with Crippen molar-refractivity contribution in [1.82, 2.24) is 9.55 Å². The molecule has 0 radical (unpaired) electrons. The van der Waals surface area contributed by atoms with Gasteiger partial charge in [0.05, 0.1) is 25.6 Å². The van der Waals surface area contributed by atoms with Crippen LogP contribution in [0.3, 0.4) is 0 Å². The van der Waals surface area contributed by atoms with Crippen LogP contribution in [0, 0.1) is 6.92 Å². The second-order valence-corrected chi connectivity index (χ2v) is 4.28. The van der Waals surface area contributed by atoms with Crippen molar-refractivity contribution in [3.05, 3.63) is 29.7 Å². The summed E-state index contributed by atoms with van der Waals surface area (Å²) in [4.78, 5) is 4.48. The van der Waals surface area contributed by atoms with Crippen molar-refractivity contribution in [2.75, 3.05) is 14.2 Å². The van der Waals surface area contributed by atoms with Crippen LogP contribution in [-0.2, 0) is 13.6 Å². The van der Waals surface area contributed by atoms with Gasteiger partial charge in [0.2, 0.25) is 0 Å². The molecule has 0 aliphatic heterocycles. The molecule has 2 N–H and O–H groups in total. The Balaban J connectivity index is 2.69. The smallest absolute Gasteiger partial charge is 0.128 e. The number of methoxy groups -OCH3 is 2. The third-order valence-electron chi connectivity index (χ3n) is 3.25. The Labute approximate surface area is 113 Å². The SMILES string of the molecule is COc1ccc(OC)c(-c2c(CN)nc(C)n2C)c1. The zero-order valence-electron chi connectivity index (χ0n) is 11.7. The molecule has 0 aliphatic carbocycles. The predicted molar refractivity (Wildman–Crippen MR) is 74.4 cm³/mol. The Morgan fingerprint density at radius 3 is 2.58 bits per heavy atom. The second kappa shape index (κ2) is 5.32. The highest BCUT2D eigenvalue weighted by molar-refractivity contribution is 5.71. The summed E-state index contributed by atoms with van der Waals surface area (Å²) in [6.07, 6.45) is 0. The van der Waals surface area contributed by atoms with Crippen molar-refractivity contribution >= 4 is 0 Å². The molecule has 0 spiro atoms. The van der Waals surface area contributed by atoms with E-state index in [0.717, 1.165) is 34.3 Å². The first-order chi connectivity index (χ1) is 9.12. The van der Waals surface area contributed by atoms with Crippen LogP contribution in [0.4, 0.5) is 0 Å². The third-order valence-corrected chi connectivity index (χ3v) is 3.25. The van der Waals surface area contributed by atoms with Crippen LogP contribution in [0.1, 0.15) is 11.5 Å². The van der Waals surface area contributed by atoms with Crippen molar-refractivity contribution in [3.8, 4) is 22.8 Å². The number of imidazole rings is 1. The van der Waals surface area contributed by atoms with E-state index in [0.29, 0.717) is 6.54 Å². The first-order valence-electron chi connectivity index (χ1n) is 6.07. The Bertz CT molecular complexity index is 591. The van der Waals surface area contributed by atoms with Crippen LogP contribution in [-0.4, -0.2) is 23.8 Å². The molecule has 1 aromatic carbocycles. The third kappa shape index (κ3) is 2.29. The van der Waals surface area contributed by atoms with Gasteiger partial charge in [-0.2, -0.15) is 0 Å². The fraction of sp³-hybridized carbons (Fsp3) is 0.357. The second-order valence-electron chi connectivity index (χ2n) is 4.28. The molecule has 1 aromatic heterocycles. The van der Waals surface area contributed by atoms with Crippen LogP contribution < -0.4 is 15.2 Å². The number of aromatic nitrogens is 2. The Kier molecular flexibility index (Phi) is 3.76. The molecule has 0 unspecified atom stereocenters. The Morgan fingerprint density at radius 2 is 2.00 bits per heavy atom. The number of ether oxygens (including phenoxy) is 2. The van der Waals surface area contributed by atoms with Crippen LogP contribution in [0.2, 0.25) is 0 Å². The zero-order chi connectivity index (χ0) is 14.0. The number of rotatable bonds is 4. The maximum absolute atomic E-state index is 5.78. The van der Waals surface area contributed by atoms with E-state index in [2.05, 4.69) is 4.98 Å². The minimum Gasteiger partial charge on any atom is -0.497 e. The summed E-state index contributed by atoms with van der Waals surface area (Å²) in [7, 11) is 5.26. The van der Waals surface area contributed by atoms with Gasteiger partial charge >= 0.3 is 0 Å². The highest BCUT2D eigenvalue weighted by atomic mass is 16.5. The predicted octanol–water partition coefficient (Wildman–Crippen LogP) is 1.87. The highest BCUT2D eigenvalue weighted by Crippen LogP contribution is 2.35. The van der Waals surface area contributed by atoms with E-state index < -0.39 is 0 Å². The molecular weight excluding hydrogens is 242 g/mol. The molecule has 19 heavy (non-hydrogen) atoms. The van der Waals surface area contributed by atoms with Crippen LogP contribution in [0.15, 0.2) is 18.2 Å². The molecule has 1 heterocycles. The first-order valence-corrected chi connectivity index (χ1v) is 6.07. The quantitative estimate of drug-likeness (QED) is 0.912. The van der Waals surface area contributed by atoms with Gasteiger partial charge in [-0.05, 0) is 25.1 Å². The lowest BCUT2D eigenvalue weighted by molar-refractivity contribution is 0.404. The molecule has 0 bridgehead atoms. The van der Waals surface area contributed by atoms with E-state index in [1.165, 1.54) is 0 Å². The van der Waals surface area contributed by atoms with Crippen LogP contribution >= 0.6 is 0 Å². The van der Waals surface area contributed by atoms with Gasteiger partial charge in [0.15, 0.2) is 0 Å². The molecule has 0 aliphatic rings. The average molecular weight is 261 g/mol. The number of hydrogen-bond acceptors (Lipinski definition) is 4. The number of aryl methyl sites for hydroxylation is 1. The van der Waals surface area contributed by atoms with Gasteiger partial charge in [0, 0.05) is 19.2 Å². The molecule has 5 nitrogen and oxygen atoms in total. The maximum atomic E-state index is 5.78. The largest absolute Gasteiger partial charge is 0.497 e.